The first kappa shape index (κ1) is 15.0. The van der Waals surface area contributed by atoms with E-state index in [2.05, 4.69) is 10.3 Å². The molecule has 0 saturated heterocycles. The molecule has 2 rings (SSSR count). The molecule has 0 unspecified atom stereocenters. The van der Waals surface area contributed by atoms with Crippen molar-refractivity contribution in [3.05, 3.63) is 65.5 Å². The molecule has 1 aromatic carbocycles. The molecular formula is C13H11ClF2N2O. The van der Waals surface area contributed by atoms with Gasteiger partial charge in [0.1, 0.15) is 0 Å². The van der Waals surface area contributed by atoms with Crippen molar-refractivity contribution in [1.82, 2.24) is 10.3 Å². The zero-order valence-corrected chi connectivity index (χ0v) is 10.6. The summed E-state index contributed by atoms with van der Waals surface area (Å²) in [6, 6.07) is 6.77. The monoisotopic (exact) mass is 284 g/mol. The molecule has 2 aromatic rings. The van der Waals surface area contributed by atoms with Crippen LogP contribution in [0.25, 0.3) is 0 Å². The number of carbonyl (C=O) groups excluding carboxylic acids is 1. The maximum atomic E-state index is 12.9. The molecule has 1 heterocycles. The Hall–Kier alpha value is -2.01. The number of carbonyl (C=O) groups is 1. The Balaban J connectivity index is 0.00000180. The van der Waals surface area contributed by atoms with E-state index in [9.17, 15) is 13.6 Å². The molecule has 0 saturated carbocycles. The number of nitrogens with one attached hydrogen (secondary N) is 1. The van der Waals surface area contributed by atoms with Gasteiger partial charge in [0, 0.05) is 18.9 Å². The van der Waals surface area contributed by atoms with Crippen molar-refractivity contribution in [2.24, 2.45) is 0 Å². The molecule has 6 heteroatoms. The van der Waals surface area contributed by atoms with Crippen molar-refractivity contribution in [2.45, 2.75) is 6.54 Å². The third-order valence-electron chi connectivity index (χ3n) is 2.36. The number of halogens is 3. The lowest BCUT2D eigenvalue weighted by molar-refractivity contribution is 0.0950. The Morgan fingerprint density at radius 3 is 2.63 bits per heavy atom. The lowest BCUT2D eigenvalue weighted by Crippen LogP contribution is -2.22. The lowest BCUT2D eigenvalue weighted by Gasteiger charge is -2.05. The van der Waals surface area contributed by atoms with Gasteiger partial charge in [-0.15, -0.1) is 12.4 Å². The molecule has 100 valence electrons. The van der Waals surface area contributed by atoms with Crippen LogP contribution in [0.5, 0.6) is 0 Å². The molecular weight excluding hydrogens is 274 g/mol. The van der Waals surface area contributed by atoms with Crippen LogP contribution < -0.4 is 5.32 Å². The number of benzene rings is 1. The quantitative estimate of drug-likeness (QED) is 0.942. The first-order chi connectivity index (χ1) is 8.66. The maximum Gasteiger partial charge on any atom is 0.253 e. The Labute approximate surface area is 115 Å². The summed E-state index contributed by atoms with van der Waals surface area (Å²) in [7, 11) is 0. The van der Waals surface area contributed by atoms with Gasteiger partial charge < -0.3 is 5.32 Å². The average Bonchev–Trinajstić information content (AvgIpc) is 2.41. The minimum absolute atomic E-state index is 0. The highest BCUT2D eigenvalue weighted by molar-refractivity contribution is 5.93. The standard InChI is InChI=1S/C13H10F2N2O.ClH/c14-11-4-3-9(6-12(11)15)7-17-13(18)10-2-1-5-16-8-10;/h1-6,8H,7H2,(H,17,18);1H. The fourth-order valence-corrected chi connectivity index (χ4v) is 1.43. The smallest absolute Gasteiger partial charge is 0.253 e. The summed E-state index contributed by atoms with van der Waals surface area (Å²) < 4.78 is 25.6. The normalized spacial score (nSPS) is 9.58. The first-order valence-electron chi connectivity index (χ1n) is 5.29. The summed E-state index contributed by atoms with van der Waals surface area (Å²) in [6.07, 6.45) is 2.99. The summed E-state index contributed by atoms with van der Waals surface area (Å²) in [4.78, 5) is 15.5. The number of hydrogen-bond acceptors (Lipinski definition) is 2. The van der Waals surface area contributed by atoms with Gasteiger partial charge in [-0.25, -0.2) is 8.78 Å². The van der Waals surface area contributed by atoms with Crippen LogP contribution in [0.4, 0.5) is 8.78 Å². The van der Waals surface area contributed by atoms with E-state index < -0.39 is 11.6 Å². The van der Waals surface area contributed by atoms with Gasteiger partial charge in [0.2, 0.25) is 0 Å². The largest absolute Gasteiger partial charge is 0.348 e. The van der Waals surface area contributed by atoms with E-state index >= 15 is 0 Å². The van der Waals surface area contributed by atoms with Gasteiger partial charge in [-0.05, 0) is 29.8 Å². The van der Waals surface area contributed by atoms with Gasteiger partial charge in [0.15, 0.2) is 11.6 Å². The summed E-state index contributed by atoms with van der Waals surface area (Å²) >= 11 is 0. The molecule has 0 atom stereocenters. The van der Waals surface area contributed by atoms with Gasteiger partial charge in [-0.2, -0.15) is 0 Å². The molecule has 0 aliphatic carbocycles. The molecule has 19 heavy (non-hydrogen) atoms. The Morgan fingerprint density at radius 1 is 1.21 bits per heavy atom. The highest BCUT2D eigenvalue weighted by atomic mass is 35.5. The molecule has 1 N–H and O–H groups in total. The van der Waals surface area contributed by atoms with Crippen LogP contribution in [0.3, 0.4) is 0 Å². The van der Waals surface area contributed by atoms with E-state index in [4.69, 9.17) is 0 Å². The molecule has 1 aromatic heterocycles. The van der Waals surface area contributed by atoms with Gasteiger partial charge in [-0.1, -0.05) is 6.07 Å². The summed E-state index contributed by atoms with van der Waals surface area (Å²) in [5.74, 6) is -2.15. The Morgan fingerprint density at radius 2 is 2.00 bits per heavy atom. The molecule has 0 radical (unpaired) electrons. The predicted octanol–water partition coefficient (Wildman–Crippen LogP) is 2.71. The van der Waals surface area contributed by atoms with Crippen molar-refractivity contribution < 1.29 is 13.6 Å². The van der Waals surface area contributed by atoms with Crippen molar-refractivity contribution in [3.8, 4) is 0 Å². The average molecular weight is 285 g/mol. The number of pyridine rings is 1. The second kappa shape index (κ2) is 6.80. The van der Waals surface area contributed by atoms with E-state index in [-0.39, 0.29) is 24.9 Å². The molecule has 1 amide bonds. The van der Waals surface area contributed by atoms with Crippen LogP contribution in [0.2, 0.25) is 0 Å². The third-order valence-corrected chi connectivity index (χ3v) is 2.36. The van der Waals surface area contributed by atoms with E-state index in [1.807, 2.05) is 0 Å². The molecule has 0 bridgehead atoms. The van der Waals surface area contributed by atoms with E-state index in [0.717, 1.165) is 12.1 Å². The molecule has 0 spiro atoms. The minimum atomic E-state index is -0.928. The van der Waals surface area contributed by atoms with Gasteiger partial charge in [0.05, 0.1) is 5.56 Å². The van der Waals surface area contributed by atoms with Gasteiger partial charge in [0.25, 0.3) is 5.91 Å². The molecule has 3 nitrogen and oxygen atoms in total. The van der Waals surface area contributed by atoms with Crippen molar-refractivity contribution in [2.75, 3.05) is 0 Å². The topological polar surface area (TPSA) is 42.0 Å². The van der Waals surface area contributed by atoms with Gasteiger partial charge >= 0.3 is 0 Å². The number of amides is 1. The number of rotatable bonds is 3. The maximum absolute atomic E-state index is 12.9. The van der Waals surface area contributed by atoms with E-state index in [1.54, 1.807) is 18.3 Å². The highest BCUT2D eigenvalue weighted by Crippen LogP contribution is 2.08. The predicted molar refractivity (Wildman–Crippen MR) is 69.0 cm³/mol. The number of hydrogen-bond donors (Lipinski definition) is 1. The van der Waals surface area contributed by atoms with Crippen molar-refractivity contribution in [3.63, 3.8) is 0 Å². The lowest BCUT2D eigenvalue weighted by atomic mass is 10.2. The molecule has 0 fully saturated rings. The molecule has 0 aliphatic rings. The minimum Gasteiger partial charge on any atom is -0.348 e. The Bertz CT molecular complexity index is 564. The van der Waals surface area contributed by atoms with Crippen molar-refractivity contribution >= 4 is 18.3 Å². The van der Waals surface area contributed by atoms with Crippen LogP contribution in [0.1, 0.15) is 15.9 Å². The van der Waals surface area contributed by atoms with Gasteiger partial charge in [-0.3, -0.25) is 9.78 Å². The molecule has 0 aliphatic heterocycles. The van der Waals surface area contributed by atoms with Crippen LogP contribution in [-0.4, -0.2) is 10.9 Å². The van der Waals surface area contributed by atoms with Crippen LogP contribution in [0.15, 0.2) is 42.7 Å². The number of nitrogens with zero attached hydrogens (tertiary/aromatic N) is 1. The third kappa shape index (κ3) is 3.99. The van der Waals surface area contributed by atoms with E-state index in [1.165, 1.54) is 12.3 Å². The SMILES string of the molecule is Cl.O=C(NCc1ccc(F)c(F)c1)c1cccnc1. The van der Waals surface area contributed by atoms with Crippen LogP contribution in [0, 0.1) is 11.6 Å². The van der Waals surface area contributed by atoms with Crippen molar-refractivity contribution in [1.29, 1.82) is 0 Å². The van der Waals surface area contributed by atoms with Crippen LogP contribution in [-0.2, 0) is 6.54 Å². The fourth-order valence-electron chi connectivity index (χ4n) is 1.43. The second-order valence-electron chi connectivity index (χ2n) is 3.67. The zero-order valence-electron chi connectivity index (χ0n) is 9.77. The zero-order chi connectivity index (χ0) is 13.0. The van der Waals surface area contributed by atoms with Crippen LogP contribution >= 0.6 is 12.4 Å². The number of aromatic nitrogens is 1. The Kier molecular flexibility index (Phi) is 5.38. The summed E-state index contributed by atoms with van der Waals surface area (Å²) in [6.45, 7) is 0.130. The summed E-state index contributed by atoms with van der Waals surface area (Å²) in [5, 5.41) is 2.59. The summed E-state index contributed by atoms with van der Waals surface area (Å²) in [5.41, 5.74) is 0.909. The van der Waals surface area contributed by atoms with E-state index in [0.29, 0.717) is 11.1 Å². The first-order valence-corrected chi connectivity index (χ1v) is 5.29. The fraction of sp³-hybridized carbons (Fsp3) is 0.0769. The second-order valence-corrected chi connectivity index (χ2v) is 3.67. The highest BCUT2D eigenvalue weighted by Gasteiger charge is 2.06.